The molecule has 94 valence electrons. The Kier molecular flexibility index (Phi) is 4.07. The number of nitrogens with zero attached hydrogens (tertiary/aromatic N) is 2. The molecule has 0 fully saturated rings. The van der Waals surface area contributed by atoms with E-state index < -0.39 is 5.54 Å². The van der Waals surface area contributed by atoms with E-state index >= 15 is 0 Å². The fraction of sp³-hybridized carbons (Fsp3) is 0.500. The molecule has 5 nitrogen and oxygen atoms in total. The molecule has 0 radical (unpaired) electrons. The number of amides is 1. The summed E-state index contributed by atoms with van der Waals surface area (Å²) in [5, 5.41) is 12.2. The zero-order valence-electron chi connectivity index (χ0n) is 10.7. The number of rotatable bonds is 4. The number of nitrogens with one attached hydrogen (secondary N) is 1. The zero-order chi connectivity index (χ0) is 13.1. The van der Waals surface area contributed by atoms with Gasteiger partial charge in [-0.15, -0.1) is 0 Å². The minimum atomic E-state index is -0.592. The average Bonchev–Trinajstić information content (AvgIpc) is 2.36. The lowest BCUT2D eigenvalue weighted by atomic mass is 10.0. The maximum atomic E-state index is 12.3. The summed E-state index contributed by atoms with van der Waals surface area (Å²) >= 11 is 0. The molecule has 1 aromatic rings. The highest BCUT2D eigenvalue weighted by Crippen LogP contribution is 2.19. The van der Waals surface area contributed by atoms with Gasteiger partial charge in [0.1, 0.15) is 0 Å². The third kappa shape index (κ3) is 2.74. The number of hydrogen-bond acceptors (Lipinski definition) is 4. The first-order chi connectivity index (χ1) is 7.94. The quantitative estimate of drug-likeness (QED) is 0.819. The second-order valence-corrected chi connectivity index (χ2v) is 4.51. The van der Waals surface area contributed by atoms with Crippen molar-refractivity contribution in [3.63, 3.8) is 0 Å². The molecule has 1 rings (SSSR count). The molecule has 1 aromatic heterocycles. The number of likely N-dealkylation sites (N-methyl/N-ethyl adjacent to an activating group) is 1. The molecule has 0 spiro atoms. The smallest absolute Gasteiger partial charge is 0.256 e. The van der Waals surface area contributed by atoms with Crippen LogP contribution in [0.2, 0.25) is 0 Å². The number of carbonyl (C=O) groups is 1. The summed E-state index contributed by atoms with van der Waals surface area (Å²) in [5.74, 6) is -0.143. The molecule has 0 saturated carbocycles. The van der Waals surface area contributed by atoms with Gasteiger partial charge in [0.05, 0.1) is 29.6 Å². The highest BCUT2D eigenvalue weighted by Gasteiger charge is 2.28. The standard InChI is InChI=1S/C12H19N3O2/c1-12(2,8-16)15(4)11(17)9-5-6-14-7-10(9)13-3/h5-7,13,16H,8H2,1-4H3. The van der Waals surface area contributed by atoms with Gasteiger partial charge in [-0.1, -0.05) is 0 Å². The Hall–Kier alpha value is -1.62. The number of carbonyl (C=O) groups excluding carboxylic acids is 1. The van der Waals surface area contributed by atoms with E-state index in [-0.39, 0.29) is 12.5 Å². The maximum absolute atomic E-state index is 12.3. The van der Waals surface area contributed by atoms with Gasteiger partial charge in [-0.2, -0.15) is 0 Å². The molecular formula is C12H19N3O2. The molecule has 0 aliphatic carbocycles. The average molecular weight is 237 g/mol. The SMILES string of the molecule is CNc1cnccc1C(=O)N(C)C(C)(C)CO. The molecule has 5 heteroatoms. The van der Waals surface area contributed by atoms with Crippen LogP contribution in [0.15, 0.2) is 18.5 Å². The molecule has 0 unspecified atom stereocenters. The highest BCUT2D eigenvalue weighted by atomic mass is 16.3. The van der Waals surface area contributed by atoms with Crippen LogP contribution >= 0.6 is 0 Å². The fourth-order valence-electron chi connectivity index (χ4n) is 1.34. The Morgan fingerprint density at radius 3 is 2.76 bits per heavy atom. The van der Waals surface area contributed by atoms with E-state index in [1.54, 1.807) is 32.6 Å². The molecule has 0 saturated heterocycles. The fourth-order valence-corrected chi connectivity index (χ4v) is 1.34. The van der Waals surface area contributed by atoms with Crippen LogP contribution in [0.5, 0.6) is 0 Å². The van der Waals surface area contributed by atoms with Crippen LogP contribution in [0, 0.1) is 0 Å². The van der Waals surface area contributed by atoms with Gasteiger partial charge < -0.3 is 15.3 Å². The van der Waals surface area contributed by atoms with Crippen LogP contribution in [0.3, 0.4) is 0 Å². The number of aliphatic hydroxyl groups is 1. The maximum Gasteiger partial charge on any atom is 0.256 e. The summed E-state index contributed by atoms with van der Waals surface area (Å²) in [6.07, 6.45) is 3.18. The topological polar surface area (TPSA) is 65.5 Å². The number of aromatic nitrogens is 1. The lowest BCUT2D eigenvalue weighted by molar-refractivity contribution is 0.0474. The minimum absolute atomic E-state index is 0.0881. The predicted molar refractivity (Wildman–Crippen MR) is 67.0 cm³/mol. The van der Waals surface area contributed by atoms with Crippen molar-refractivity contribution in [2.75, 3.05) is 26.0 Å². The first-order valence-electron chi connectivity index (χ1n) is 5.45. The van der Waals surface area contributed by atoms with E-state index in [1.165, 1.54) is 4.90 Å². The van der Waals surface area contributed by atoms with Crippen LogP contribution in [0.4, 0.5) is 5.69 Å². The van der Waals surface area contributed by atoms with Crippen molar-refractivity contribution in [1.29, 1.82) is 0 Å². The minimum Gasteiger partial charge on any atom is -0.394 e. The molecule has 0 aliphatic heterocycles. The lowest BCUT2D eigenvalue weighted by Crippen LogP contribution is -2.47. The third-order valence-electron chi connectivity index (χ3n) is 2.92. The zero-order valence-corrected chi connectivity index (χ0v) is 10.7. The van der Waals surface area contributed by atoms with Crippen LogP contribution in [-0.4, -0.2) is 47.1 Å². The Balaban J connectivity index is 3.04. The molecule has 0 atom stereocenters. The van der Waals surface area contributed by atoms with E-state index in [2.05, 4.69) is 10.3 Å². The van der Waals surface area contributed by atoms with Crippen LogP contribution < -0.4 is 5.32 Å². The monoisotopic (exact) mass is 237 g/mol. The summed E-state index contributed by atoms with van der Waals surface area (Å²) in [6.45, 7) is 3.53. The van der Waals surface area contributed by atoms with E-state index in [0.29, 0.717) is 11.3 Å². The molecule has 1 amide bonds. The molecule has 0 aromatic carbocycles. The Labute approximate surface area is 101 Å². The Morgan fingerprint density at radius 2 is 2.24 bits per heavy atom. The summed E-state index contributed by atoms with van der Waals surface area (Å²) in [4.78, 5) is 17.8. The van der Waals surface area contributed by atoms with Crippen molar-refractivity contribution in [3.8, 4) is 0 Å². The van der Waals surface area contributed by atoms with Gasteiger partial charge >= 0.3 is 0 Å². The number of hydrogen-bond donors (Lipinski definition) is 2. The highest BCUT2D eigenvalue weighted by molar-refractivity contribution is 5.99. The van der Waals surface area contributed by atoms with Crippen molar-refractivity contribution < 1.29 is 9.90 Å². The number of pyridine rings is 1. The third-order valence-corrected chi connectivity index (χ3v) is 2.92. The second-order valence-electron chi connectivity index (χ2n) is 4.51. The van der Waals surface area contributed by atoms with Crippen LogP contribution in [-0.2, 0) is 0 Å². The normalized spacial score (nSPS) is 11.1. The summed E-state index contributed by atoms with van der Waals surface area (Å²) in [6, 6.07) is 1.66. The molecule has 2 N–H and O–H groups in total. The summed E-state index contributed by atoms with van der Waals surface area (Å²) < 4.78 is 0. The molecule has 0 aliphatic rings. The van der Waals surface area contributed by atoms with Crippen LogP contribution in [0.1, 0.15) is 24.2 Å². The van der Waals surface area contributed by atoms with Gasteiger partial charge in [0.15, 0.2) is 0 Å². The van der Waals surface area contributed by atoms with E-state index in [9.17, 15) is 9.90 Å². The molecule has 17 heavy (non-hydrogen) atoms. The van der Waals surface area contributed by atoms with Crippen molar-refractivity contribution in [2.24, 2.45) is 0 Å². The lowest BCUT2D eigenvalue weighted by Gasteiger charge is -2.34. The van der Waals surface area contributed by atoms with Gasteiger partial charge in [-0.3, -0.25) is 9.78 Å². The van der Waals surface area contributed by atoms with Gasteiger partial charge in [0.25, 0.3) is 5.91 Å². The van der Waals surface area contributed by atoms with E-state index in [0.717, 1.165) is 0 Å². The largest absolute Gasteiger partial charge is 0.394 e. The van der Waals surface area contributed by atoms with Gasteiger partial charge in [0, 0.05) is 20.3 Å². The Morgan fingerprint density at radius 1 is 1.59 bits per heavy atom. The van der Waals surface area contributed by atoms with Gasteiger partial charge in [0.2, 0.25) is 0 Å². The van der Waals surface area contributed by atoms with Crippen molar-refractivity contribution in [1.82, 2.24) is 9.88 Å². The second kappa shape index (κ2) is 5.14. The summed E-state index contributed by atoms with van der Waals surface area (Å²) in [5.41, 5.74) is 0.635. The first kappa shape index (κ1) is 13.4. The molecule has 1 heterocycles. The van der Waals surface area contributed by atoms with Crippen molar-refractivity contribution in [2.45, 2.75) is 19.4 Å². The summed E-state index contributed by atoms with van der Waals surface area (Å²) in [7, 11) is 3.42. The Bertz CT molecular complexity index is 404. The number of anilines is 1. The van der Waals surface area contributed by atoms with Crippen molar-refractivity contribution in [3.05, 3.63) is 24.0 Å². The van der Waals surface area contributed by atoms with Gasteiger partial charge in [-0.05, 0) is 19.9 Å². The molecular weight excluding hydrogens is 218 g/mol. The predicted octanol–water partition coefficient (Wildman–Crippen LogP) is 0.966. The number of aliphatic hydroxyl groups excluding tert-OH is 1. The molecule has 0 bridgehead atoms. The van der Waals surface area contributed by atoms with Crippen molar-refractivity contribution >= 4 is 11.6 Å². The van der Waals surface area contributed by atoms with Crippen LogP contribution in [0.25, 0.3) is 0 Å². The van der Waals surface area contributed by atoms with E-state index in [1.807, 2.05) is 13.8 Å². The van der Waals surface area contributed by atoms with E-state index in [4.69, 9.17) is 0 Å². The van der Waals surface area contributed by atoms with Gasteiger partial charge in [-0.25, -0.2) is 0 Å². The first-order valence-corrected chi connectivity index (χ1v) is 5.45.